The Bertz CT molecular complexity index is 464. The van der Waals surface area contributed by atoms with E-state index in [4.69, 9.17) is 0 Å². The second-order valence-electron chi connectivity index (χ2n) is 5.08. The average Bonchev–Trinajstić information content (AvgIpc) is 2.50. The summed E-state index contributed by atoms with van der Waals surface area (Å²) in [5.41, 5.74) is 0.890. The van der Waals surface area contributed by atoms with Crippen LogP contribution in [0.5, 0.6) is 0 Å². The van der Waals surface area contributed by atoms with Gasteiger partial charge in [0.05, 0.1) is 18.8 Å². The molecule has 1 atom stereocenters. The van der Waals surface area contributed by atoms with Crippen LogP contribution in [-0.2, 0) is 11.3 Å². The van der Waals surface area contributed by atoms with E-state index in [0.717, 1.165) is 12.1 Å². The third-order valence-electron chi connectivity index (χ3n) is 3.03. The minimum atomic E-state index is 0. The molecule has 1 aromatic heterocycles. The molecule has 0 radical (unpaired) electrons. The summed E-state index contributed by atoms with van der Waals surface area (Å²) >= 11 is 0. The van der Waals surface area contributed by atoms with Crippen molar-refractivity contribution in [3.05, 3.63) is 30.1 Å². The predicted octanol–water partition coefficient (Wildman–Crippen LogP) is 1.62. The molecule has 1 rings (SSSR count). The van der Waals surface area contributed by atoms with E-state index in [0.29, 0.717) is 12.5 Å². The van der Waals surface area contributed by atoms with Gasteiger partial charge in [0.2, 0.25) is 5.91 Å². The highest BCUT2D eigenvalue weighted by Crippen LogP contribution is 1.96. The SMILES string of the molecule is CCC(C)NC(=NCc1ccccn1)NCC(=O)N(C)C.I. The van der Waals surface area contributed by atoms with E-state index in [1.807, 2.05) is 18.2 Å². The van der Waals surface area contributed by atoms with Gasteiger partial charge in [0.15, 0.2) is 5.96 Å². The topological polar surface area (TPSA) is 69.6 Å². The second kappa shape index (κ2) is 11.2. The number of likely N-dealkylation sites (N-methyl/N-ethyl adjacent to an activating group) is 1. The molecule has 1 amide bonds. The molecule has 0 saturated heterocycles. The van der Waals surface area contributed by atoms with Gasteiger partial charge in [0.1, 0.15) is 0 Å². The molecule has 1 heterocycles. The Morgan fingerprint density at radius 3 is 2.68 bits per heavy atom. The molecule has 0 aliphatic rings. The maximum Gasteiger partial charge on any atom is 0.241 e. The third kappa shape index (κ3) is 8.16. The number of carbonyl (C=O) groups is 1. The molecule has 0 aliphatic carbocycles. The lowest BCUT2D eigenvalue weighted by molar-refractivity contribution is -0.127. The van der Waals surface area contributed by atoms with Crippen LogP contribution in [0.4, 0.5) is 0 Å². The first kappa shape index (κ1) is 20.6. The van der Waals surface area contributed by atoms with E-state index in [-0.39, 0.29) is 42.5 Å². The molecule has 6 nitrogen and oxygen atoms in total. The Morgan fingerprint density at radius 2 is 2.14 bits per heavy atom. The highest BCUT2D eigenvalue weighted by atomic mass is 127. The summed E-state index contributed by atoms with van der Waals surface area (Å²) < 4.78 is 0. The third-order valence-corrected chi connectivity index (χ3v) is 3.03. The fraction of sp³-hybridized carbons (Fsp3) is 0.533. The predicted molar refractivity (Wildman–Crippen MR) is 100 cm³/mol. The molecule has 1 unspecified atom stereocenters. The number of nitrogens with zero attached hydrogens (tertiary/aromatic N) is 3. The number of carbonyl (C=O) groups excluding carboxylic acids is 1. The number of amides is 1. The lowest BCUT2D eigenvalue weighted by atomic mass is 10.3. The normalized spacial score (nSPS) is 12.1. The first-order valence-electron chi connectivity index (χ1n) is 7.17. The fourth-order valence-corrected chi connectivity index (χ4v) is 1.46. The summed E-state index contributed by atoms with van der Waals surface area (Å²) in [6, 6.07) is 6.02. The summed E-state index contributed by atoms with van der Waals surface area (Å²) in [4.78, 5) is 21.9. The maximum absolute atomic E-state index is 11.6. The second-order valence-corrected chi connectivity index (χ2v) is 5.08. The van der Waals surface area contributed by atoms with Gasteiger partial charge in [0, 0.05) is 26.3 Å². The van der Waals surface area contributed by atoms with Crippen molar-refractivity contribution in [3.8, 4) is 0 Å². The molecule has 7 heteroatoms. The van der Waals surface area contributed by atoms with E-state index >= 15 is 0 Å². The summed E-state index contributed by atoms with van der Waals surface area (Å²) in [7, 11) is 3.47. The van der Waals surface area contributed by atoms with Crippen molar-refractivity contribution >= 4 is 35.8 Å². The zero-order chi connectivity index (χ0) is 15.7. The minimum absolute atomic E-state index is 0. The number of hydrogen-bond acceptors (Lipinski definition) is 3. The molecule has 124 valence electrons. The van der Waals surface area contributed by atoms with Gasteiger partial charge in [-0.15, -0.1) is 24.0 Å². The number of pyridine rings is 1. The largest absolute Gasteiger partial charge is 0.354 e. The molecule has 22 heavy (non-hydrogen) atoms. The number of hydrogen-bond donors (Lipinski definition) is 2. The van der Waals surface area contributed by atoms with Crippen molar-refractivity contribution in [2.75, 3.05) is 20.6 Å². The van der Waals surface area contributed by atoms with Gasteiger partial charge < -0.3 is 15.5 Å². The van der Waals surface area contributed by atoms with Crippen LogP contribution in [0.1, 0.15) is 26.0 Å². The Balaban J connectivity index is 0.00000441. The number of aromatic nitrogens is 1. The molecule has 0 fully saturated rings. The highest BCUT2D eigenvalue weighted by molar-refractivity contribution is 14.0. The molecule has 0 saturated carbocycles. The van der Waals surface area contributed by atoms with Crippen molar-refractivity contribution in [1.82, 2.24) is 20.5 Å². The summed E-state index contributed by atoms with van der Waals surface area (Å²) in [5.74, 6) is 0.636. The molecule has 0 bridgehead atoms. The summed E-state index contributed by atoms with van der Waals surface area (Å²) in [5, 5.41) is 6.33. The molecule has 0 spiro atoms. The molecular formula is C15H26IN5O. The fourth-order valence-electron chi connectivity index (χ4n) is 1.46. The molecule has 2 N–H and O–H groups in total. The summed E-state index contributed by atoms with van der Waals surface area (Å²) in [6.45, 7) is 4.87. The van der Waals surface area contributed by atoms with Crippen molar-refractivity contribution in [2.24, 2.45) is 4.99 Å². The average molecular weight is 419 g/mol. The van der Waals surface area contributed by atoms with Crippen LogP contribution < -0.4 is 10.6 Å². The summed E-state index contributed by atoms with van der Waals surface area (Å²) in [6.07, 6.45) is 2.72. The maximum atomic E-state index is 11.6. The van der Waals surface area contributed by atoms with Gasteiger partial charge in [-0.05, 0) is 25.5 Å². The number of nitrogens with one attached hydrogen (secondary N) is 2. The quantitative estimate of drug-likeness (QED) is 0.418. The molecule has 0 aromatic carbocycles. The molecular weight excluding hydrogens is 393 g/mol. The van der Waals surface area contributed by atoms with Gasteiger partial charge >= 0.3 is 0 Å². The molecule has 1 aromatic rings. The van der Waals surface area contributed by atoms with E-state index in [1.165, 1.54) is 0 Å². The van der Waals surface area contributed by atoms with Crippen molar-refractivity contribution in [3.63, 3.8) is 0 Å². The lowest BCUT2D eigenvalue weighted by Gasteiger charge is -2.18. The van der Waals surface area contributed by atoms with Crippen LogP contribution in [0.2, 0.25) is 0 Å². The lowest BCUT2D eigenvalue weighted by Crippen LogP contribution is -2.45. The monoisotopic (exact) mass is 419 g/mol. The minimum Gasteiger partial charge on any atom is -0.354 e. The van der Waals surface area contributed by atoms with E-state index < -0.39 is 0 Å². The van der Waals surface area contributed by atoms with Gasteiger partial charge in [-0.25, -0.2) is 4.99 Å². The van der Waals surface area contributed by atoms with Gasteiger partial charge in [0.25, 0.3) is 0 Å². The Labute approximate surface area is 149 Å². The van der Waals surface area contributed by atoms with Crippen LogP contribution in [0.25, 0.3) is 0 Å². The zero-order valence-electron chi connectivity index (χ0n) is 13.7. The number of halogens is 1. The van der Waals surface area contributed by atoms with Crippen LogP contribution in [-0.4, -0.2) is 48.4 Å². The first-order valence-corrected chi connectivity index (χ1v) is 7.17. The van der Waals surface area contributed by atoms with Gasteiger partial charge in [-0.3, -0.25) is 9.78 Å². The smallest absolute Gasteiger partial charge is 0.241 e. The highest BCUT2D eigenvalue weighted by Gasteiger charge is 2.07. The Kier molecular flexibility index (Phi) is 10.5. The molecule has 0 aliphatic heterocycles. The number of rotatable bonds is 6. The number of aliphatic imine (C=N–C) groups is 1. The van der Waals surface area contributed by atoms with Crippen LogP contribution in [0.3, 0.4) is 0 Å². The van der Waals surface area contributed by atoms with Crippen molar-refractivity contribution in [2.45, 2.75) is 32.9 Å². The van der Waals surface area contributed by atoms with Crippen LogP contribution in [0, 0.1) is 0 Å². The van der Waals surface area contributed by atoms with Gasteiger partial charge in [-0.1, -0.05) is 13.0 Å². The standard InChI is InChI=1S/C15H25N5O.HI/c1-5-12(2)19-15(18-11-14(21)20(3)4)17-10-13-8-6-7-9-16-13;/h6-9,12H,5,10-11H2,1-4H3,(H2,17,18,19);1H. The van der Waals surface area contributed by atoms with E-state index in [1.54, 1.807) is 25.2 Å². The number of guanidine groups is 1. The van der Waals surface area contributed by atoms with Crippen LogP contribution >= 0.6 is 24.0 Å². The van der Waals surface area contributed by atoms with Gasteiger partial charge in [-0.2, -0.15) is 0 Å². The van der Waals surface area contributed by atoms with Crippen LogP contribution in [0.15, 0.2) is 29.4 Å². The van der Waals surface area contributed by atoms with Crippen molar-refractivity contribution in [1.29, 1.82) is 0 Å². The Hall–Kier alpha value is -1.38. The zero-order valence-corrected chi connectivity index (χ0v) is 16.0. The van der Waals surface area contributed by atoms with E-state index in [9.17, 15) is 4.79 Å². The van der Waals surface area contributed by atoms with E-state index in [2.05, 4.69) is 34.5 Å². The Morgan fingerprint density at radius 1 is 1.41 bits per heavy atom. The first-order chi connectivity index (χ1) is 10.0. The van der Waals surface area contributed by atoms with Crippen molar-refractivity contribution < 1.29 is 4.79 Å².